The monoisotopic (exact) mass is 332 g/mol. The Bertz CT molecular complexity index is 890. The molecule has 0 saturated heterocycles. The van der Waals surface area contributed by atoms with E-state index in [2.05, 4.69) is 15.3 Å². The minimum atomic E-state index is -4.94. The number of carbonyl (C=O) groups is 1. The van der Waals surface area contributed by atoms with E-state index in [1.165, 1.54) is 24.5 Å². The minimum absolute atomic E-state index is 0.0284. The highest BCUT2D eigenvalue weighted by Crippen LogP contribution is 2.25. The van der Waals surface area contributed by atoms with E-state index in [4.69, 9.17) is 0 Å². The van der Waals surface area contributed by atoms with Gasteiger partial charge in [0.05, 0.1) is 5.52 Å². The molecule has 0 unspecified atom stereocenters. The van der Waals surface area contributed by atoms with Gasteiger partial charge in [0.25, 0.3) is 0 Å². The lowest BCUT2D eigenvalue weighted by atomic mass is 10.2. The summed E-state index contributed by atoms with van der Waals surface area (Å²) in [5, 5.41) is 5.59. The highest BCUT2D eigenvalue weighted by Gasteiger charge is 2.38. The quantitative estimate of drug-likeness (QED) is 0.764. The molecular weight excluding hydrogens is 321 g/mol. The molecule has 3 rings (SSSR count). The number of nitrogens with one attached hydrogen (secondary N) is 2. The topological polar surface area (TPSA) is 66.9 Å². The van der Waals surface area contributed by atoms with Crippen molar-refractivity contribution in [2.24, 2.45) is 0 Å². The minimum Gasteiger partial charge on any atom is -0.340 e. The second kappa shape index (κ2) is 6.15. The number of carbonyl (C=O) groups excluding carboxylic acids is 1. The third-order valence-electron chi connectivity index (χ3n) is 3.18. The number of benzene rings is 2. The standard InChI is InChI=1S/C16H11F3N4O/c17-16(18,19)15(24)23-11-5-3-4-10(8-11)22-14-12-6-1-2-7-13(12)20-9-21-14/h1-9H,(H,23,24)(H,20,21,22). The zero-order valence-electron chi connectivity index (χ0n) is 12.1. The van der Waals surface area contributed by atoms with Crippen LogP contribution in [-0.4, -0.2) is 22.1 Å². The van der Waals surface area contributed by atoms with E-state index in [0.29, 0.717) is 11.5 Å². The Kier molecular flexibility index (Phi) is 4.03. The number of halogens is 3. The molecule has 0 spiro atoms. The summed E-state index contributed by atoms with van der Waals surface area (Å²) in [6.45, 7) is 0. The molecule has 0 bridgehead atoms. The van der Waals surface area contributed by atoms with E-state index in [1.807, 2.05) is 29.6 Å². The normalized spacial score (nSPS) is 11.3. The first-order valence-corrected chi connectivity index (χ1v) is 6.88. The number of fused-ring (bicyclic) bond motifs is 1. The van der Waals surface area contributed by atoms with Gasteiger partial charge in [-0.1, -0.05) is 18.2 Å². The van der Waals surface area contributed by atoms with Crippen molar-refractivity contribution in [2.75, 3.05) is 10.6 Å². The summed E-state index contributed by atoms with van der Waals surface area (Å²) in [5.74, 6) is -1.51. The zero-order valence-corrected chi connectivity index (χ0v) is 12.1. The average molecular weight is 332 g/mol. The summed E-state index contributed by atoms with van der Waals surface area (Å²) in [6, 6.07) is 13.3. The second-order valence-corrected chi connectivity index (χ2v) is 4.90. The van der Waals surface area contributed by atoms with Crippen molar-refractivity contribution in [2.45, 2.75) is 6.18 Å². The van der Waals surface area contributed by atoms with Crippen LogP contribution >= 0.6 is 0 Å². The molecule has 0 aliphatic rings. The van der Waals surface area contributed by atoms with Gasteiger partial charge in [-0.3, -0.25) is 4.79 Å². The van der Waals surface area contributed by atoms with Crippen LogP contribution in [0.1, 0.15) is 0 Å². The third-order valence-corrected chi connectivity index (χ3v) is 3.18. The fourth-order valence-electron chi connectivity index (χ4n) is 2.12. The molecule has 24 heavy (non-hydrogen) atoms. The number of rotatable bonds is 3. The first kappa shape index (κ1) is 15.7. The molecule has 1 aromatic heterocycles. The van der Waals surface area contributed by atoms with Gasteiger partial charge < -0.3 is 10.6 Å². The lowest BCUT2D eigenvalue weighted by Crippen LogP contribution is -2.29. The SMILES string of the molecule is O=C(Nc1cccc(Nc2ncnc3ccccc23)c1)C(F)(F)F. The molecule has 1 amide bonds. The Morgan fingerprint density at radius 1 is 0.958 bits per heavy atom. The third kappa shape index (κ3) is 3.43. The van der Waals surface area contributed by atoms with Crippen molar-refractivity contribution < 1.29 is 18.0 Å². The number of hydrogen-bond acceptors (Lipinski definition) is 4. The number of anilines is 3. The van der Waals surface area contributed by atoms with Crippen LogP contribution in [0, 0.1) is 0 Å². The van der Waals surface area contributed by atoms with E-state index in [0.717, 1.165) is 10.9 Å². The fraction of sp³-hybridized carbons (Fsp3) is 0.0625. The summed E-state index contributed by atoms with van der Waals surface area (Å²) in [4.78, 5) is 19.3. The Hall–Kier alpha value is -3.16. The van der Waals surface area contributed by atoms with Gasteiger partial charge in [-0.15, -0.1) is 0 Å². The van der Waals surface area contributed by atoms with Crippen molar-refractivity contribution in [1.29, 1.82) is 0 Å². The van der Waals surface area contributed by atoms with Gasteiger partial charge in [-0.25, -0.2) is 9.97 Å². The van der Waals surface area contributed by atoms with Gasteiger partial charge in [0, 0.05) is 16.8 Å². The predicted octanol–water partition coefficient (Wildman–Crippen LogP) is 3.87. The molecule has 122 valence electrons. The first-order chi connectivity index (χ1) is 11.4. The molecule has 0 saturated carbocycles. The molecule has 0 aliphatic heterocycles. The van der Waals surface area contributed by atoms with Gasteiger partial charge in [0.1, 0.15) is 12.1 Å². The van der Waals surface area contributed by atoms with E-state index in [1.54, 1.807) is 6.07 Å². The summed E-state index contributed by atoms with van der Waals surface area (Å²) in [5.41, 5.74) is 1.25. The van der Waals surface area contributed by atoms with Crippen LogP contribution in [0.2, 0.25) is 0 Å². The first-order valence-electron chi connectivity index (χ1n) is 6.88. The van der Waals surface area contributed by atoms with Crippen LogP contribution in [0.5, 0.6) is 0 Å². The highest BCUT2D eigenvalue weighted by atomic mass is 19.4. The Labute approximate surface area is 134 Å². The zero-order chi connectivity index (χ0) is 17.2. The van der Waals surface area contributed by atoms with Gasteiger partial charge in [0.2, 0.25) is 0 Å². The maximum atomic E-state index is 12.3. The van der Waals surface area contributed by atoms with E-state index < -0.39 is 12.1 Å². The van der Waals surface area contributed by atoms with Crippen LogP contribution in [0.25, 0.3) is 10.9 Å². The number of alkyl halides is 3. The smallest absolute Gasteiger partial charge is 0.340 e. The predicted molar refractivity (Wildman–Crippen MR) is 83.9 cm³/mol. The van der Waals surface area contributed by atoms with Crippen LogP contribution in [0.15, 0.2) is 54.9 Å². The van der Waals surface area contributed by atoms with E-state index in [-0.39, 0.29) is 5.69 Å². The molecule has 0 aliphatic carbocycles. The molecule has 3 aromatic rings. The van der Waals surface area contributed by atoms with E-state index in [9.17, 15) is 18.0 Å². The number of hydrogen-bond donors (Lipinski definition) is 2. The van der Waals surface area contributed by atoms with Gasteiger partial charge in [-0.2, -0.15) is 13.2 Å². The number of para-hydroxylation sites is 1. The Morgan fingerprint density at radius 2 is 1.71 bits per heavy atom. The number of aromatic nitrogens is 2. The maximum Gasteiger partial charge on any atom is 0.471 e. The molecule has 0 atom stereocenters. The molecule has 2 aromatic carbocycles. The maximum absolute atomic E-state index is 12.3. The van der Waals surface area contributed by atoms with Crippen molar-refractivity contribution >= 4 is 34.0 Å². The van der Waals surface area contributed by atoms with Gasteiger partial charge in [0.15, 0.2) is 0 Å². The van der Waals surface area contributed by atoms with Gasteiger partial charge in [-0.05, 0) is 30.3 Å². The second-order valence-electron chi connectivity index (χ2n) is 4.90. The molecule has 5 nitrogen and oxygen atoms in total. The molecule has 0 radical (unpaired) electrons. The van der Waals surface area contributed by atoms with Crippen LogP contribution < -0.4 is 10.6 Å². The van der Waals surface area contributed by atoms with E-state index >= 15 is 0 Å². The van der Waals surface area contributed by atoms with Crippen molar-refractivity contribution in [3.8, 4) is 0 Å². The summed E-state index contributed by atoms with van der Waals surface area (Å²) in [7, 11) is 0. The molecule has 2 N–H and O–H groups in total. The molecule has 8 heteroatoms. The lowest BCUT2D eigenvalue weighted by molar-refractivity contribution is -0.167. The molecular formula is C16H11F3N4O. The average Bonchev–Trinajstić information content (AvgIpc) is 2.55. The number of nitrogens with zero attached hydrogens (tertiary/aromatic N) is 2. The summed E-state index contributed by atoms with van der Waals surface area (Å²) in [6.07, 6.45) is -3.55. The van der Waals surface area contributed by atoms with Gasteiger partial charge >= 0.3 is 12.1 Å². The van der Waals surface area contributed by atoms with Crippen LogP contribution in [0.4, 0.5) is 30.4 Å². The van der Waals surface area contributed by atoms with Crippen molar-refractivity contribution in [1.82, 2.24) is 9.97 Å². The molecule has 1 heterocycles. The summed E-state index contributed by atoms with van der Waals surface area (Å²) < 4.78 is 36.9. The Morgan fingerprint density at radius 3 is 2.50 bits per heavy atom. The number of amides is 1. The summed E-state index contributed by atoms with van der Waals surface area (Å²) >= 11 is 0. The lowest BCUT2D eigenvalue weighted by Gasteiger charge is -2.11. The van der Waals surface area contributed by atoms with Crippen LogP contribution in [-0.2, 0) is 4.79 Å². The highest BCUT2D eigenvalue weighted by molar-refractivity contribution is 5.95. The van der Waals surface area contributed by atoms with Crippen molar-refractivity contribution in [3.63, 3.8) is 0 Å². The van der Waals surface area contributed by atoms with Crippen LogP contribution in [0.3, 0.4) is 0 Å². The van der Waals surface area contributed by atoms with Crippen molar-refractivity contribution in [3.05, 3.63) is 54.9 Å². The molecule has 0 fully saturated rings. The fourth-order valence-corrected chi connectivity index (χ4v) is 2.12. The largest absolute Gasteiger partial charge is 0.471 e. The Balaban J connectivity index is 1.85.